The van der Waals surface area contributed by atoms with Crippen molar-refractivity contribution in [2.45, 2.75) is 20.4 Å². The summed E-state index contributed by atoms with van der Waals surface area (Å²) < 4.78 is 31.5. The molecule has 1 aromatic carbocycles. The number of pyridine rings is 1. The third kappa shape index (κ3) is 4.79. The van der Waals surface area contributed by atoms with Crippen LogP contribution in [0.4, 0.5) is 8.78 Å². The smallest absolute Gasteiger partial charge is 0.162 e. The van der Waals surface area contributed by atoms with Crippen LogP contribution >= 0.6 is 0 Å². The molecule has 3 nitrogen and oxygen atoms in total. The Hall–Kier alpha value is -2.01. The minimum atomic E-state index is -0.930. The van der Waals surface area contributed by atoms with Crippen molar-refractivity contribution in [3.63, 3.8) is 0 Å². The molecule has 0 saturated heterocycles. The second-order valence-corrected chi connectivity index (χ2v) is 5.19. The number of nitrogens with one attached hydrogen (secondary N) is 1. The van der Waals surface area contributed by atoms with Crippen molar-refractivity contribution in [2.75, 3.05) is 6.54 Å². The van der Waals surface area contributed by atoms with E-state index >= 15 is 0 Å². The van der Waals surface area contributed by atoms with Crippen molar-refractivity contribution in [3.8, 4) is 11.5 Å². The molecule has 112 valence electrons. The van der Waals surface area contributed by atoms with E-state index in [9.17, 15) is 8.78 Å². The summed E-state index contributed by atoms with van der Waals surface area (Å²) in [4.78, 5) is 4.23. The summed E-state index contributed by atoms with van der Waals surface area (Å²) in [5, 5.41) is 3.28. The SMILES string of the molecule is CC(C)CNCc1cc(Oc2ccc(F)c(F)c2)ccn1. The third-order valence-corrected chi connectivity index (χ3v) is 2.77. The number of benzene rings is 1. The number of aromatic nitrogens is 1. The van der Waals surface area contributed by atoms with E-state index in [4.69, 9.17) is 4.74 Å². The van der Waals surface area contributed by atoms with E-state index in [2.05, 4.69) is 24.1 Å². The van der Waals surface area contributed by atoms with Crippen LogP contribution in [0.1, 0.15) is 19.5 Å². The lowest BCUT2D eigenvalue weighted by Crippen LogP contribution is -2.19. The minimum Gasteiger partial charge on any atom is -0.457 e. The monoisotopic (exact) mass is 292 g/mol. The number of ether oxygens (including phenoxy) is 1. The third-order valence-electron chi connectivity index (χ3n) is 2.77. The molecule has 0 aliphatic rings. The standard InChI is InChI=1S/C16H18F2N2O/c1-11(2)9-19-10-12-7-14(5-6-20-12)21-13-3-4-15(17)16(18)8-13/h3-8,11,19H,9-10H2,1-2H3. The Labute approximate surface area is 123 Å². The molecule has 21 heavy (non-hydrogen) atoms. The molecule has 0 bridgehead atoms. The average Bonchev–Trinajstić information content (AvgIpc) is 2.43. The Kier molecular flexibility index (Phi) is 5.22. The largest absolute Gasteiger partial charge is 0.457 e. The molecule has 2 aromatic rings. The Morgan fingerprint density at radius 3 is 2.57 bits per heavy atom. The lowest BCUT2D eigenvalue weighted by molar-refractivity contribution is 0.460. The predicted molar refractivity (Wildman–Crippen MR) is 77.2 cm³/mol. The van der Waals surface area contributed by atoms with Gasteiger partial charge in [0.2, 0.25) is 0 Å². The van der Waals surface area contributed by atoms with Crippen molar-refractivity contribution < 1.29 is 13.5 Å². The van der Waals surface area contributed by atoms with Crippen LogP contribution in [0.25, 0.3) is 0 Å². The lowest BCUT2D eigenvalue weighted by atomic mass is 10.2. The highest BCUT2D eigenvalue weighted by Crippen LogP contribution is 2.23. The highest BCUT2D eigenvalue weighted by atomic mass is 19.2. The molecule has 0 atom stereocenters. The number of hydrogen-bond acceptors (Lipinski definition) is 3. The summed E-state index contributed by atoms with van der Waals surface area (Å²) in [6.45, 7) is 5.79. The van der Waals surface area contributed by atoms with Gasteiger partial charge in [-0.05, 0) is 30.7 Å². The van der Waals surface area contributed by atoms with Crippen molar-refractivity contribution in [1.82, 2.24) is 10.3 Å². The molecule has 0 spiro atoms. The second-order valence-electron chi connectivity index (χ2n) is 5.19. The summed E-state index contributed by atoms with van der Waals surface area (Å²) in [5.74, 6) is -0.471. The normalized spacial score (nSPS) is 10.9. The first-order chi connectivity index (χ1) is 10.0. The van der Waals surface area contributed by atoms with Crippen LogP contribution in [-0.4, -0.2) is 11.5 Å². The van der Waals surface area contributed by atoms with Crippen LogP contribution in [0.2, 0.25) is 0 Å². The Bertz CT molecular complexity index is 603. The van der Waals surface area contributed by atoms with E-state index in [-0.39, 0.29) is 5.75 Å². The Balaban J connectivity index is 2.01. The van der Waals surface area contributed by atoms with Crippen molar-refractivity contribution in [1.29, 1.82) is 0 Å². The Morgan fingerprint density at radius 2 is 1.86 bits per heavy atom. The van der Waals surface area contributed by atoms with E-state index in [1.54, 1.807) is 18.3 Å². The number of halogens is 2. The molecule has 1 aromatic heterocycles. The van der Waals surface area contributed by atoms with Crippen molar-refractivity contribution in [3.05, 3.63) is 53.9 Å². The topological polar surface area (TPSA) is 34.1 Å². The fourth-order valence-corrected chi connectivity index (χ4v) is 1.78. The van der Waals surface area contributed by atoms with Gasteiger partial charge in [-0.3, -0.25) is 4.98 Å². The first-order valence-corrected chi connectivity index (χ1v) is 6.83. The number of nitrogens with zero attached hydrogens (tertiary/aromatic N) is 1. The summed E-state index contributed by atoms with van der Waals surface area (Å²) in [7, 11) is 0. The molecule has 0 unspecified atom stereocenters. The maximum Gasteiger partial charge on any atom is 0.162 e. The summed E-state index contributed by atoms with van der Waals surface area (Å²) >= 11 is 0. The van der Waals surface area contributed by atoms with Crippen LogP contribution in [0.5, 0.6) is 11.5 Å². The van der Waals surface area contributed by atoms with Crippen molar-refractivity contribution in [2.24, 2.45) is 5.92 Å². The van der Waals surface area contributed by atoms with Crippen LogP contribution in [0.3, 0.4) is 0 Å². The molecule has 1 N–H and O–H groups in total. The predicted octanol–water partition coefficient (Wildman–Crippen LogP) is 3.90. The van der Waals surface area contributed by atoms with E-state index in [1.165, 1.54) is 6.07 Å². The molecular formula is C16H18F2N2O. The zero-order valence-corrected chi connectivity index (χ0v) is 12.1. The molecule has 1 heterocycles. The van der Waals surface area contributed by atoms with Gasteiger partial charge in [-0.15, -0.1) is 0 Å². The molecule has 0 aliphatic carbocycles. The molecular weight excluding hydrogens is 274 g/mol. The van der Waals surface area contributed by atoms with Gasteiger partial charge in [0.15, 0.2) is 11.6 Å². The molecule has 0 aliphatic heterocycles. The summed E-state index contributed by atoms with van der Waals surface area (Å²) in [5.41, 5.74) is 0.829. The highest BCUT2D eigenvalue weighted by molar-refractivity contribution is 5.31. The number of hydrogen-bond donors (Lipinski definition) is 1. The zero-order valence-electron chi connectivity index (χ0n) is 12.1. The summed E-state index contributed by atoms with van der Waals surface area (Å²) in [6, 6.07) is 6.89. The van der Waals surface area contributed by atoms with Crippen LogP contribution < -0.4 is 10.1 Å². The summed E-state index contributed by atoms with van der Waals surface area (Å²) in [6.07, 6.45) is 1.63. The lowest BCUT2D eigenvalue weighted by Gasteiger charge is -2.09. The van der Waals surface area contributed by atoms with Gasteiger partial charge in [0.1, 0.15) is 11.5 Å². The van der Waals surface area contributed by atoms with E-state index in [0.717, 1.165) is 24.4 Å². The van der Waals surface area contributed by atoms with Gasteiger partial charge in [0.25, 0.3) is 0 Å². The van der Waals surface area contributed by atoms with Gasteiger partial charge >= 0.3 is 0 Å². The van der Waals surface area contributed by atoms with E-state index < -0.39 is 11.6 Å². The average molecular weight is 292 g/mol. The van der Waals surface area contributed by atoms with Gasteiger partial charge in [-0.2, -0.15) is 0 Å². The molecule has 5 heteroatoms. The number of rotatable bonds is 6. The van der Waals surface area contributed by atoms with Gasteiger partial charge < -0.3 is 10.1 Å². The molecule has 0 fully saturated rings. The molecule has 0 amide bonds. The highest BCUT2D eigenvalue weighted by Gasteiger charge is 2.05. The molecule has 0 saturated carbocycles. The van der Waals surface area contributed by atoms with E-state index in [1.807, 2.05) is 0 Å². The van der Waals surface area contributed by atoms with E-state index in [0.29, 0.717) is 18.2 Å². The fourth-order valence-electron chi connectivity index (χ4n) is 1.78. The van der Waals surface area contributed by atoms with Crippen LogP contribution in [0.15, 0.2) is 36.5 Å². The second kappa shape index (κ2) is 7.13. The van der Waals surface area contributed by atoms with Crippen LogP contribution in [0, 0.1) is 17.6 Å². The van der Waals surface area contributed by atoms with Gasteiger partial charge in [0.05, 0.1) is 5.69 Å². The van der Waals surface area contributed by atoms with Gasteiger partial charge in [-0.1, -0.05) is 13.8 Å². The minimum absolute atomic E-state index is 0.251. The zero-order chi connectivity index (χ0) is 15.2. The fraction of sp³-hybridized carbons (Fsp3) is 0.312. The maximum absolute atomic E-state index is 13.1. The molecule has 2 rings (SSSR count). The van der Waals surface area contributed by atoms with Gasteiger partial charge in [-0.25, -0.2) is 8.78 Å². The van der Waals surface area contributed by atoms with Crippen molar-refractivity contribution >= 4 is 0 Å². The van der Waals surface area contributed by atoms with Crippen LogP contribution in [-0.2, 0) is 6.54 Å². The first kappa shape index (κ1) is 15.4. The Morgan fingerprint density at radius 1 is 1.10 bits per heavy atom. The van der Waals surface area contributed by atoms with Gasteiger partial charge in [0, 0.05) is 24.9 Å². The first-order valence-electron chi connectivity index (χ1n) is 6.83. The quantitative estimate of drug-likeness (QED) is 0.877. The molecule has 0 radical (unpaired) electrons. The maximum atomic E-state index is 13.1.